The third-order valence-corrected chi connectivity index (χ3v) is 7.42. The Morgan fingerprint density at radius 1 is 1.17 bits per heavy atom. The van der Waals surface area contributed by atoms with Crippen LogP contribution in [-0.4, -0.2) is 40.3 Å². The summed E-state index contributed by atoms with van der Waals surface area (Å²) in [6.07, 6.45) is 7.13. The van der Waals surface area contributed by atoms with Gasteiger partial charge in [-0.1, -0.05) is 0 Å². The standard InChI is InChI=1S/C22H23N5O2S/c1-17-14-25-22(20-8-10-24-11-9-20)27(17)16-19-3-2-12-26(15-19)30(28,29)21-6-4-18(13-23)5-7-21/h4-11,14,19H,2-3,12,15-16H2,1H3. The third kappa shape index (κ3) is 3.99. The van der Waals surface area contributed by atoms with Crippen LogP contribution in [0.4, 0.5) is 0 Å². The summed E-state index contributed by atoms with van der Waals surface area (Å²) >= 11 is 0. The molecule has 3 aromatic rings. The van der Waals surface area contributed by atoms with Crippen molar-refractivity contribution >= 4 is 10.0 Å². The highest BCUT2D eigenvalue weighted by atomic mass is 32.2. The van der Waals surface area contributed by atoms with Crippen molar-refractivity contribution in [3.8, 4) is 17.5 Å². The van der Waals surface area contributed by atoms with E-state index in [1.165, 1.54) is 12.1 Å². The maximum absolute atomic E-state index is 13.1. The molecular weight excluding hydrogens is 398 g/mol. The number of piperidine rings is 1. The van der Waals surface area contributed by atoms with Gasteiger partial charge in [0.05, 0.1) is 16.5 Å². The number of sulfonamides is 1. The molecule has 0 amide bonds. The Balaban J connectivity index is 1.54. The van der Waals surface area contributed by atoms with Crippen molar-refractivity contribution < 1.29 is 8.42 Å². The van der Waals surface area contributed by atoms with E-state index in [9.17, 15) is 8.42 Å². The Bertz CT molecular complexity index is 1160. The molecule has 0 spiro atoms. The van der Waals surface area contributed by atoms with Crippen molar-refractivity contribution in [3.63, 3.8) is 0 Å². The van der Waals surface area contributed by atoms with Gasteiger partial charge in [-0.2, -0.15) is 9.57 Å². The molecule has 1 aliphatic heterocycles. The maximum atomic E-state index is 13.1. The van der Waals surface area contributed by atoms with Crippen molar-refractivity contribution in [1.29, 1.82) is 5.26 Å². The highest BCUT2D eigenvalue weighted by Crippen LogP contribution is 2.27. The zero-order chi connectivity index (χ0) is 21.1. The van der Waals surface area contributed by atoms with E-state index in [4.69, 9.17) is 5.26 Å². The molecule has 4 rings (SSSR count). The lowest BCUT2D eigenvalue weighted by atomic mass is 9.99. The molecule has 30 heavy (non-hydrogen) atoms. The summed E-state index contributed by atoms with van der Waals surface area (Å²) in [5.41, 5.74) is 2.49. The van der Waals surface area contributed by atoms with Gasteiger partial charge in [0.1, 0.15) is 5.82 Å². The van der Waals surface area contributed by atoms with E-state index in [-0.39, 0.29) is 10.8 Å². The van der Waals surface area contributed by atoms with Gasteiger partial charge in [0, 0.05) is 49.5 Å². The predicted octanol–water partition coefficient (Wildman–Crippen LogP) is 3.23. The molecule has 1 aliphatic rings. The molecule has 154 valence electrons. The van der Waals surface area contributed by atoms with Crippen LogP contribution in [0.25, 0.3) is 11.4 Å². The van der Waals surface area contributed by atoms with Crippen molar-refractivity contribution in [1.82, 2.24) is 18.8 Å². The van der Waals surface area contributed by atoms with Crippen LogP contribution in [0, 0.1) is 24.2 Å². The number of pyridine rings is 1. The van der Waals surface area contributed by atoms with Gasteiger partial charge in [-0.3, -0.25) is 4.98 Å². The number of rotatable bonds is 5. The van der Waals surface area contributed by atoms with Gasteiger partial charge in [-0.15, -0.1) is 0 Å². The molecule has 0 aliphatic carbocycles. The summed E-state index contributed by atoms with van der Waals surface area (Å²) < 4.78 is 29.9. The first-order valence-electron chi connectivity index (χ1n) is 9.92. The van der Waals surface area contributed by atoms with E-state index >= 15 is 0 Å². The summed E-state index contributed by atoms with van der Waals surface area (Å²) in [7, 11) is -3.58. The first-order valence-corrected chi connectivity index (χ1v) is 11.4. The second-order valence-corrected chi connectivity index (χ2v) is 9.52. The van der Waals surface area contributed by atoms with Crippen LogP contribution in [-0.2, 0) is 16.6 Å². The second kappa shape index (κ2) is 8.38. The van der Waals surface area contributed by atoms with Crippen LogP contribution >= 0.6 is 0 Å². The lowest BCUT2D eigenvalue weighted by Crippen LogP contribution is -2.41. The summed E-state index contributed by atoms with van der Waals surface area (Å²) in [4.78, 5) is 8.87. The lowest BCUT2D eigenvalue weighted by Gasteiger charge is -2.32. The number of nitriles is 1. The molecule has 1 unspecified atom stereocenters. The van der Waals surface area contributed by atoms with Gasteiger partial charge in [-0.25, -0.2) is 13.4 Å². The Morgan fingerprint density at radius 3 is 2.60 bits per heavy atom. The minimum Gasteiger partial charge on any atom is -0.328 e. The molecule has 1 saturated heterocycles. The van der Waals surface area contributed by atoms with E-state index < -0.39 is 10.0 Å². The van der Waals surface area contributed by atoms with Gasteiger partial charge in [0.25, 0.3) is 0 Å². The van der Waals surface area contributed by atoms with Gasteiger partial charge < -0.3 is 4.57 Å². The highest BCUT2D eigenvalue weighted by molar-refractivity contribution is 7.89. The maximum Gasteiger partial charge on any atom is 0.243 e. The molecule has 0 N–H and O–H groups in total. The van der Waals surface area contributed by atoms with E-state index in [1.54, 1.807) is 28.8 Å². The second-order valence-electron chi connectivity index (χ2n) is 7.58. The topological polar surface area (TPSA) is 91.9 Å². The SMILES string of the molecule is Cc1cnc(-c2ccncc2)n1CC1CCCN(S(=O)(=O)c2ccc(C#N)cc2)C1. The number of hydrogen-bond donors (Lipinski definition) is 0. The summed E-state index contributed by atoms with van der Waals surface area (Å²) in [5, 5.41) is 8.94. The Morgan fingerprint density at radius 2 is 1.90 bits per heavy atom. The van der Waals surface area contributed by atoms with Crippen LogP contribution in [0.3, 0.4) is 0 Å². The highest BCUT2D eigenvalue weighted by Gasteiger charge is 2.31. The largest absolute Gasteiger partial charge is 0.328 e. The van der Waals surface area contributed by atoms with Crippen LogP contribution in [0.15, 0.2) is 59.9 Å². The van der Waals surface area contributed by atoms with Crippen molar-refractivity contribution in [2.24, 2.45) is 5.92 Å². The minimum absolute atomic E-state index is 0.195. The molecule has 0 radical (unpaired) electrons. The van der Waals surface area contributed by atoms with E-state index in [1.807, 2.05) is 31.3 Å². The average Bonchev–Trinajstić information content (AvgIpc) is 3.14. The molecule has 0 bridgehead atoms. The molecule has 1 aromatic carbocycles. The number of aromatic nitrogens is 3. The van der Waals surface area contributed by atoms with Crippen LogP contribution in [0.1, 0.15) is 24.1 Å². The molecule has 0 saturated carbocycles. The van der Waals surface area contributed by atoms with Gasteiger partial charge in [0.2, 0.25) is 10.0 Å². The van der Waals surface area contributed by atoms with Crippen molar-refractivity contribution in [3.05, 3.63) is 66.2 Å². The van der Waals surface area contributed by atoms with Crippen LogP contribution in [0.2, 0.25) is 0 Å². The van der Waals surface area contributed by atoms with E-state index in [2.05, 4.69) is 14.5 Å². The summed E-state index contributed by atoms with van der Waals surface area (Å²) in [6.45, 7) is 3.71. The smallest absolute Gasteiger partial charge is 0.243 e. The molecule has 2 aromatic heterocycles. The summed E-state index contributed by atoms with van der Waals surface area (Å²) in [5.74, 6) is 1.07. The van der Waals surface area contributed by atoms with E-state index in [0.29, 0.717) is 25.2 Å². The molecule has 7 nitrogen and oxygen atoms in total. The number of aryl methyl sites for hydroxylation is 1. The lowest BCUT2D eigenvalue weighted by molar-refractivity contribution is 0.245. The van der Waals surface area contributed by atoms with E-state index in [0.717, 1.165) is 29.9 Å². The predicted molar refractivity (Wildman–Crippen MR) is 113 cm³/mol. The Hall–Kier alpha value is -3.02. The van der Waals surface area contributed by atoms with Gasteiger partial charge in [-0.05, 0) is 62.1 Å². The fourth-order valence-electron chi connectivity index (χ4n) is 3.93. The fourth-order valence-corrected chi connectivity index (χ4v) is 5.48. The first-order chi connectivity index (χ1) is 14.5. The number of imidazole rings is 1. The molecule has 1 fully saturated rings. The number of hydrogen-bond acceptors (Lipinski definition) is 5. The number of nitrogens with zero attached hydrogens (tertiary/aromatic N) is 5. The normalized spacial score (nSPS) is 17.5. The monoisotopic (exact) mass is 421 g/mol. The zero-order valence-corrected chi connectivity index (χ0v) is 17.6. The van der Waals surface area contributed by atoms with Gasteiger partial charge in [0.15, 0.2) is 0 Å². The van der Waals surface area contributed by atoms with Crippen LogP contribution in [0.5, 0.6) is 0 Å². The molecular formula is C22H23N5O2S. The molecule has 8 heteroatoms. The quantitative estimate of drug-likeness (QED) is 0.631. The molecule has 1 atom stereocenters. The Kier molecular flexibility index (Phi) is 5.66. The third-order valence-electron chi connectivity index (χ3n) is 5.54. The molecule has 3 heterocycles. The Labute approximate surface area is 176 Å². The first kappa shape index (κ1) is 20.3. The average molecular weight is 422 g/mol. The fraction of sp³-hybridized carbons (Fsp3) is 0.318. The minimum atomic E-state index is -3.58. The summed E-state index contributed by atoms with van der Waals surface area (Å²) in [6, 6.07) is 12.0. The van der Waals surface area contributed by atoms with Crippen molar-refractivity contribution in [2.45, 2.75) is 31.2 Å². The number of benzene rings is 1. The zero-order valence-electron chi connectivity index (χ0n) is 16.8. The van der Waals surface area contributed by atoms with Crippen LogP contribution < -0.4 is 0 Å². The van der Waals surface area contributed by atoms with Crippen molar-refractivity contribution in [2.75, 3.05) is 13.1 Å². The van der Waals surface area contributed by atoms with Gasteiger partial charge >= 0.3 is 0 Å².